The average Bonchev–Trinajstić information content (AvgIpc) is 2.93. The van der Waals surface area contributed by atoms with Crippen molar-refractivity contribution in [1.82, 2.24) is 15.2 Å². The first-order valence-electron chi connectivity index (χ1n) is 14.1. The molecule has 1 saturated carbocycles. The summed E-state index contributed by atoms with van der Waals surface area (Å²) < 4.78 is 0. The molecule has 0 bridgehead atoms. The summed E-state index contributed by atoms with van der Waals surface area (Å²) in [6.45, 7) is 2.36. The Hall–Kier alpha value is -2.83. The third-order valence-electron chi connectivity index (χ3n) is 7.66. The number of phenolic OH excluding ortho intramolecular Hbond substituents is 1. The summed E-state index contributed by atoms with van der Waals surface area (Å²) in [7, 11) is 0. The number of hydrogen-bond donors (Lipinski definition) is 3. The zero-order valence-corrected chi connectivity index (χ0v) is 22.9. The number of nitrogens with zero attached hydrogens (tertiary/aromatic N) is 1. The highest BCUT2D eigenvalue weighted by Crippen LogP contribution is 2.27. The molecule has 38 heavy (non-hydrogen) atoms. The van der Waals surface area contributed by atoms with E-state index >= 15 is 0 Å². The van der Waals surface area contributed by atoms with Crippen LogP contribution in [0, 0.1) is 0 Å². The van der Waals surface area contributed by atoms with E-state index < -0.39 is 0 Å². The number of rotatable bonds is 13. The lowest BCUT2D eigenvalue weighted by Crippen LogP contribution is -2.43. The highest BCUT2D eigenvalue weighted by molar-refractivity contribution is 6.30. The van der Waals surface area contributed by atoms with Crippen LogP contribution in [0.25, 0.3) is 10.9 Å². The van der Waals surface area contributed by atoms with Gasteiger partial charge in [0, 0.05) is 42.0 Å². The number of halogens is 1. The molecule has 1 aliphatic carbocycles. The summed E-state index contributed by atoms with van der Waals surface area (Å²) in [6.07, 6.45) is 11.3. The number of carbonyl (C=O) groups is 1. The van der Waals surface area contributed by atoms with Gasteiger partial charge in [-0.3, -0.25) is 9.59 Å². The van der Waals surface area contributed by atoms with Crippen LogP contribution in [-0.2, 0) is 17.6 Å². The normalized spacial score (nSPS) is 14.1. The van der Waals surface area contributed by atoms with Crippen LogP contribution in [0.2, 0.25) is 5.02 Å². The number of hydrogen-bond acceptors (Lipinski definition) is 4. The van der Waals surface area contributed by atoms with Crippen molar-refractivity contribution in [3.8, 4) is 5.75 Å². The van der Waals surface area contributed by atoms with Crippen LogP contribution in [0.4, 0.5) is 0 Å². The molecular weight excluding hydrogens is 498 g/mol. The van der Waals surface area contributed by atoms with Crippen LogP contribution in [-0.4, -0.2) is 46.6 Å². The van der Waals surface area contributed by atoms with Crippen LogP contribution in [0.1, 0.15) is 68.9 Å². The largest absolute Gasteiger partial charge is 0.506 e. The molecule has 0 unspecified atom stereocenters. The second-order valence-corrected chi connectivity index (χ2v) is 10.9. The summed E-state index contributed by atoms with van der Waals surface area (Å²) in [5, 5.41) is 15.2. The van der Waals surface area contributed by atoms with Gasteiger partial charge < -0.3 is 20.3 Å². The van der Waals surface area contributed by atoms with Crippen LogP contribution >= 0.6 is 11.6 Å². The maximum atomic E-state index is 13.2. The zero-order valence-electron chi connectivity index (χ0n) is 22.2. The quantitative estimate of drug-likeness (QED) is 0.234. The first kappa shape index (κ1) is 28.2. The highest BCUT2D eigenvalue weighted by atomic mass is 35.5. The van der Waals surface area contributed by atoms with E-state index in [-0.39, 0.29) is 17.2 Å². The number of H-pyrrole nitrogens is 1. The van der Waals surface area contributed by atoms with E-state index in [9.17, 15) is 14.7 Å². The van der Waals surface area contributed by atoms with Crippen molar-refractivity contribution in [2.45, 2.75) is 76.7 Å². The standard InChI is InChI=1S/C31H40ClN3O3/c32-25-13-10-23(11-14-25)18-20-33-21-19-30(38)35(26-8-4-1-5-9-26)22-6-2-3-7-24-12-16-28(36)31-27(24)15-17-29(37)34-31/h10-17,26,33,36H,1-9,18-22H2,(H,34,37). The van der Waals surface area contributed by atoms with Crippen molar-refractivity contribution in [1.29, 1.82) is 0 Å². The number of aromatic amines is 1. The maximum Gasteiger partial charge on any atom is 0.248 e. The number of nitrogens with one attached hydrogen (secondary N) is 2. The first-order valence-corrected chi connectivity index (χ1v) is 14.5. The van der Waals surface area contributed by atoms with Gasteiger partial charge in [-0.05, 0) is 80.5 Å². The van der Waals surface area contributed by atoms with Gasteiger partial charge in [-0.1, -0.05) is 55.5 Å². The number of phenols is 1. The predicted molar refractivity (Wildman–Crippen MR) is 155 cm³/mol. The zero-order chi connectivity index (χ0) is 26.7. The molecular formula is C31H40ClN3O3. The Morgan fingerprint density at radius 3 is 2.53 bits per heavy atom. The fourth-order valence-corrected chi connectivity index (χ4v) is 5.67. The average molecular weight is 538 g/mol. The number of aromatic hydroxyl groups is 1. The van der Waals surface area contributed by atoms with Gasteiger partial charge in [-0.15, -0.1) is 0 Å². The predicted octanol–water partition coefficient (Wildman–Crippen LogP) is 5.98. The molecule has 0 saturated heterocycles. The van der Waals surface area contributed by atoms with Gasteiger partial charge in [0.15, 0.2) is 0 Å². The molecule has 204 valence electrons. The number of benzene rings is 2. The summed E-state index contributed by atoms with van der Waals surface area (Å²) >= 11 is 5.96. The molecule has 0 radical (unpaired) electrons. The third kappa shape index (κ3) is 8.08. The van der Waals surface area contributed by atoms with Gasteiger partial charge >= 0.3 is 0 Å². The molecule has 1 aromatic heterocycles. The van der Waals surface area contributed by atoms with Crippen molar-refractivity contribution >= 4 is 28.4 Å². The van der Waals surface area contributed by atoms with Crippen molar-refractivity contribution < 1.29 is 9.90 Å². The lowest BCUT2D eigenvalue weighted by molar-refractivity contribution is -0.134. The Kier molecular flexibility index (Phi) is 10.6. The Morgan fingerprint density at radius 1 is 0.947 bits per heavy atom. The van der Waals surface area contributed by atoms with Gasteiger partial charge in [-0.25, -0.2) is 0 Å². The molecule has 1 heterocycles. The van der Waals surface area contributed by atoms with Crippen molar-refractivity contribution in [2.24, 2.45) is 0 Å². The third-order valence-corrected chi connectivity index (χ3v) is 7.92. The molecule has 1 fully saturated rings. The van der Waals surface area contributed by atoms with Crippen molar-refractivity contribution in [3.05, 3.63) is 75.0 Å². The molecule has 3 aromatic rings. The Bertz CT molecular complexity index is 1240. The number of aryl methyl sites for hydroxylation is 1. The van der Waals surface area contributed by atoms with E-state index in [1.165, 1.54) is 30.9 Å². The molecule has 0 aliphatic heterocycles. The molecule has 0 spiro atoms. The van der Waals surface area contributed by atoms with Gasteiger partial charge in [0.05, 0.1) is 5.52 Å². The second kappa shape index (κ2) is 14.4. The summed E-state index contributed by atoms with van der Waals surface area (Å²) in [4.78, 5) is 29.8. The SMILES string of the molecule is O=C(CCNCCc1ccc(Cl)cc1)N(CCCCCc1ccc(O)c2[nH]c(=O)ccc12)C1CCCCC1. The topological polar surface area (TPSA) is 85.4 Å². The van der Waals surface area contributed by atoms with Crippen LogP contribution in [0.5, 0.6) is 5.75 Å². The van der Waals surface area contributed by atoms with E-state index in [0.717, 1.165) is 74.0 Å². The molecule has 1 aliphatic rings. The molecule has 0 atom stereocenters. The van der Waals surface area contributed by atoms with E-state index in [4.69, 9.17) is 11.6 Å². The fourth-order valence-electron chi connectivity index (χ4n) is 5.54. The Balaban J connectivity index is 1.22. The number of unbranched alkanes of at least 4 members (excludes halogenated alkanes) is 2. The molecule has 6 nitrogen and oxygen atoms in total. The second-order valence-electron chi connectivity index (χ2n) is 10.4. The molecule has 7 heteroatoms. The number of aromatic nitrogens is 1. The van der Waals surface area contributed by atoms with E-state index in [0.29, 0.717) is 24.5 Å². The number of amides is 1. The van der Waals surface area contributed by atoms with Crippen molar-refractivity contribution in [2.75, 3.05) is 19.6 Å². The van der Waals surface area contributed by atoms with Crippen LogP contribution < -0.4 is 10.9 Å². The number of pyridine rings is 1. The molecule has 1 amide bonds. The van der Waals surface area contributed by atoms with Crippen LogP contribution in [0.15, 0.2) is 53.3 Å². The van der Waals surface area contributed by atoms with Crippen molar-refractivity contribution in [3.63, 3.8) is 0 Å². The van der Waals surface area contributed by atoms with Gasteiger partial charge in [-0.2, -0.15) is 0 Å². The van der Waals surface area contributed by atoms with E-state index in [1.54, 1.807) is 12.1 Å². The minimum absolute atomic E-state index is 0.0996. The fraction of sp³-hybridized carbons (Fsp3) is 0.484. The van der Waals surface area contributed by atoms with Gasteiger partial charge in [0.1, 0.15) is 5.75 Å². The number of fused-ring (bicyclic) bond motifs is 1. The first-order chi connectivity index (χ1) is 18.5. The Morgan fingerprint density at radius 2 is 1.74 bits per heavy atom. The minimum atomic E-state index is -0.214. The van der Waals surface area contributed by atoms with Crippen LogP contribution in [0.3, 0.4) is 0 Å². The Labute approximate surface area is 230 Å². The summed E-state index contributed by atoms with van der Waals surface area (Å²) in [5.74, 6) is 0.368. The molecule has 4 rings (SSSR count). The van der Waals surface area contributed by atoms with Gasteiger partial charge in [0.25, 0.3) is 0 Å². The molecule has 3 N–H and O–H groups in total. The number of carbonyl (C=O) groups excluding carboxylic acids is 1. The monoisotopic (exact) mass is 537 g/mol. The lowest BCUT2D eigenvalue weighted by Gasteiger charge is -2.34. The lowest BCUT2D eigenvalue weighted by atomic mass is 9.93. The minimum Gasteiger partial charge on any atom is -0.506 e. The van der Waals surface area contributed by atoms with Gasteiger partial charge in [0.2, 0.25) is 11.5 Å². The summed E-state index contributed by atoms with van der Waals surface area (Å²) in [6, 6.07) is 15.2. The van der Waals surface area contributed by atoms with E-state index in [1.807, 2.05) is 30.3 Å². The van der Waals surface area contributed by atoms with E-state index in [2.05, 4.69) is 15.2 Å². The smallest absolute Gasteiger partial charge is 0.248 e. The summed E-state index contributed by atoms with van der Waals surface area (Å²) in [5.41, 5.74) is 2.66. The highest BCUT2D eigenvalue weighted by Gasteiger charge is 2.24. The molecule has 2 aromatic carbocycles. The maximum absolute atomic E-state index is 13.2.